The average molecular weight is 206 g/mol. The minimum atomic E-state index is -0.115. The second kappa shape index (κ2) is 4.11. The average Bonchev–Trinajstić information content (AvgIpc) is 2.23. The standard InChI is InChI=1S/C12H18N2O/c1-9-8-10(2-3-12(9)13)14-6-4-11(15)5-7-14/h2-3,8,11,15H,4-7,13H2,1H3. The second-order valence-electron chi connectivity index (χ2n) is 4.26. The second-order valence-corrected chi connectivity index (χ2v) is 4.26. The molecule has 0 saturated carbocycles. The van der Waals surface area contributed by atoms with Gasteiger partial charge in [-0.1, -0.05) is 0 Å². The molecule has 1 aliphatic rings. The van der Waals surface area contributed by atoms with Crippen LogP contribution >= 0.6 is 0 Å². The molecule has 1 saturated heterocycles. The van der Waals surface area contributed by atoms with Gasteiger partial charge in [0.05, 0.1) is 6.10 Å². The molecule has 0 amide bonds. The van der Waals surface area contributed by atoms with Gasteiger partial charge in [0.25, 0.3) is 0 Å². The largest absolute Gasteiger partial charge is 0.399 e. The van der Waals surface area contributed by atoms with Gasteiger partial charge in [-0.15, -0.1) is 0 Å². The molecular formula is C12H18N2O. The molecular weight excluding hydrogens is 188 g/mol. The lowest BCUT2D eigenvalue weighted by Gasteiger charge is -2.31. The molecule has 0 aliphatic carbocycles. The van der Waals surface area contributed by atoms with Crippen molar-refractivity contribution in [2.24, 2.45) is 0 Å². The number of aliphatic hydroxyl groups is 1. The first kappa shape index (κ1) is 10.3. The molecule has 0 aromatic heterocycles. The van der Waals surface area contributed by atoms with Crippen LogP contribution in [0.3, 0.4) is 0 Å². The van der Waals surface area contributed by atoms with Crippen LogP contribution in [0.15, 0.2) is 18.2 Å². The van der Waals surface area contributed by atoms with Gasteiger partial charge >= 0.3 is 0 Å². The third kappa shape index (κ3) is 2.23. The Bertz CT molecular complexity index is 343. The van der Waals surface area contributed by atoms with Crippen LogP contribution in [0, 0.1) is 6.92 Å². The summed E-state index contributed by atoms with van der Waals surface area (Å²) in [6, 6.07) is 6.13. The summed E-state index contributed by atoms with van der Waals surface area (Å²) >= 11 is 0. The van der Waals surface area contributed by atoms with E-state index in [9.17, 15) is 5.11 Å². The van der Waals surface area contributed by atoms with Gasteiger partial charge in [-0.05, 0) is 43.5 Å². The summed E-state index contributed by atoms with van der Waals surface area (Å²) in [6.07, 6.45) is 1.61. The topological polar surface area (TPSA) is 49.5 Å². The summed E-state index contributed by atoms with van der Waals surface area (Å²) < 4.78 is 0. The number of benzene rings is 1. The SMILES string of the molecule is Cc1cc(N2CCC(O)CC2)ccc1N. The van der Waals surface area contributed by atoms with Gasteiger partial charge in [0.2, 0.25) is 0 Å². The van der Waals surface area contributed by atoms with E-state index in [0.717, 1.165) is 37.2 Å². The molecule has 0 radical (unpaired) electrons. The molecule has 2 rings (SSSR count). The van der Waals surface area contributed by atoms with E-state index >= 15 is 0 Å². The molecule has 3 nitrogen and oxygen atoms in total. The van der Waals surface area contributed by atoms with Crippen LogP contribution in [0.1, 0.15) is 18.4 Å². The first-order chi connectivity index (χ1) is 7.16. The normalized spacial score (nSPS) is 18.1. The quantitative estimate of drug-likeness (QED) is 0.685. The van der Waals surface area contributed by atoms with Crippen molar-refractivity contribution in [3.8, 4) is 0 Å². The zero-order chi connectivity index (χ0) is 10.8. The Balaban J connectivity index is 2.12. The van der Waals surface area contributed by atoms with Crippen molar-refractivity contribution in [3.63, 3.8) is 0 Å². The number of aryl methyl sites for hydroxylation is 1. The monoisotopic (exact) mass is 206 g/mol. The Morgan fingerprint density at radius 2 is 2.00 bits per heavy atom. The number of nitrogens with two attached hydrogens (primary N) is 1. The Morgan fingerprint density at radius 1 is 1.33 bits per heavy atom. The molecule has 15 heavy (non-hydrogen) atoms. The van der Waals surface area contributed by atoms with Gasteiger partial charge in [0.15, 0.2) is 0 Å². The van der Waals surface area contributed by atoms with Crippen molar-refractivity contribution in [2.75, 3.05) is 23.7 Å². The zero-order valence-corrected chi connectivity index (χ0v) is 9.11. The fraction of sp³-hybridized carbons (Fsp3) is 0.500. The minimum absolute atomic E-state index is 0.115. The summed E-state index contributed by atoms with van der Waals surface area (Å²) in [7, 11) is 0. The summed E-state index contributed by atoms with van der Waals surface area (Å²) in [6.45, 7) is 3.90. The lowest BCUT2D eigenvalue weighted by molar-refractivity contribution is 0.145. The van der Waals surface area contributed by atoms with Crippen molar-refractivity contribution < 1.29 is 5.11 Å². The summed E-state index contributed by atoms with van der Waals surface area (Å²) in [5.74, 6) is 0. The molecule has 3 N–H and O–H groups in total. The number of rotatable bonds is 1. The number of nitrogens with zero attached hydrogens (tertiary/aromatic N) is 1. The van der Waals surface area contributed by atoms with Gasteiger partial charge in [-0.2, -0.15) is 0 Å². The van der Waals surface area contributed by atoms with E-state index in [1.807, 2.05) is 13.0 Å². The first-order valence-corrected chi connectivity index (χ1v) is 5.46. The van der Waals surface area contributed by atoms with Crippen LogP contribution in [0.4, 0.5) is 11.4 Å². The number of aliphatic hydroxyl groups excluding tert-OH is 1. The number of hydrogen-bond donors (Lipinski definition) is 2. The van der Waals surface area contributed by atoms with Crippen LogP contribution < -0.4 is 10.6 Å². The maximum Gasteiger partial charge on any atom is 0.0574 e. The molecule has 0 atom stereocenters. The molecule has 3 heteroatoms. The molecule has 0 unspecified atom stereocenters. The van der Waals surface area contributed by atoms with E-state index in [1.54, 1.807) is 0 Å². The maximum atomic E-state index is 9.43. The van der Waals surface area contributed by atoms with Gasteiger partial charge in [0.1, 0.15) is 0 Å². The Kier molecular flexibility index (Phi) is 2.82. The smallest absolute Gasteiger partial charge is 0.0574 e. The summed E-state index contributed by atoms with van der Waals surface area (Å²) in [5, 5.41) is 9.43. The minimum Gasteiger partial charge on any atom is -0.399 e. The fourth-order valence-corrected chi connectivity index (χ4v) is 1.98. The van der Waals surface area contributed by atoms with Crippen molar-refractivity contribution in [2.45, 2.75) is 25.9 Å². The van der Waals surface area contributed by atoms with Crippen LogP contribution in [-0.2, 0) is 0 Å². The molecule has 1 aromatic carbocycles. The number of hydrogen-bond acceptors (Lipinski definition) is 3. The summed E-state index contributed by atoms with van der Waals surface area (Å²) in [4.78, 5) is 2.30. The third-order valence-electron chi connectivity index (χ3n) is 3.08. The molecule has 0 spiro atoms. The number of nitrogen functional groups attached to an aromatic ring is 1. The van der Waals surface area contributed by atoms with Gasteiger partial charge < -0.3 is 15.7 Å². The molecule has 1 heterocycles. The molecule has 1 aromatic rings. The van der Waals surface area contributed by atoms with Crippen molar-refractivity contribution in [3.05, 3.63) is 23.8 Å². The van der Waals surface area contributed by atoms with Crippen molar-refractivity contribution >= 4 is 11.4 Å². The van der Waals surface area contributed by atoms with Crippen LogP contribution in [-0.4, -0.2) is 24.3 Å². The van der Waals surface area contributed by atoms with Gasteiger partial charge in [-0.3, -0.25) is 0 Å². The number of anilines is 2. The van der Waals surface area contributed by atoms with Crippen LogP contribution in [0.25, 0.3) is 0 Å². The van der Waals surface area contributed by atoms with E-state index in [2.05, 4.69) is 17.0 Å². The Labute approximate surface area is 90.5 Å². The van der Waals surface area contributed by atoms with Gasteiger partial charge in [0, 0.05) is 24.5 Å². The molecule has 82 valence electrons. The highest BCUT2D eigenvalue weighted by atomic mass is 16.3. The molecule has 0 bridgehead atoms. The first-order valence-electron chi connectivity index (χ1n) is 5.46. The maximum absolute atomic E-state index is 9.43. The van der Waals surface area contributed by atoms with Crippen LogP contribution in [0.5, 0.6) is 0 Å². The Hall–Kier alpha value is -1.22. The lowest BCUT2D eigenvalue weighted by Crippen LogP contribution is -2.35. The number of piperidine rings is 1. The van der Waals surface area contributed by atoms with Crippen molar-refractivity contribution in [1.82, 2.24) is 0 Å². The third-order valence-corrected chi connectivity index (χ3v) is 3.08. The Morgan fingerprint density at radius 3 is 2.60 bits per heavy atom. The highest BCUT2D eigenvalue weighted by Crippen LogP contribution is 2.23. The molecule has 1 fully saturated rings. The van der Waals surface area contributed by atoms with E-state index < -0.39 is 0 Å². The predicted molar refractivity (Wildman–Crippen MR) is 63.0 cm³/mol. The highest BCUT2D eigenvalue weighted by molar-refractivity contribution is 5.58. The van der Waals surface area contributed by atoms with E-state index in [1.165, 1.54) is 5.69 Å². The zero-order valence-electron chi connectivity index (χ0n) is 9.11. The summed E-state index contributed by atoms with van der Waals surface area (Å²) in [5.41, 5.74) is 8.97. The molecule has 1 aliphatic heterocycles. The predicted octanol–water partition coefficient (Wildman–Crippen LogP) is 1.54. The van der Waals surface area contributed by atoms with Crippen LogP contribution in [0.2, 0.25) is 0 Å². The van der Waals surface area contributed by atoms with E-state index in [0.29, 0.717) is 0 Å². The van der Waals surface area contributed by atoms with E-state index in [4.69, 9.17) is 5.73 Å². The highest BCUT2D eigenvalue weighted by Gasteiger charge is 2.17. The van der Waals surface area contributed by atoms with E-state index in [-0.39, 0.29) is 6.10 Å². The lowest BCUT2D eigenvalue weighted by atomic mass is 10.1. The van der Waals surface area contributed by atoms with Crippen molar-refractivity contribution in [1.29, 1.82) is 0 Å². The van der Waals surface area contributed by atoms with Gasteiger partial charge in [-0.25, -0.2) is 0 Å². The fourth-order valence-electron chi connectivity index (χ4n) is 1.98.